The third kappa shape index (κ3) is 9.42. The molecule has 0 aromatic carbocycles. The number of aliphatic hydroxyl groups is 1. The van der Waals surface area contributed by atoms with Crippen molar-refractivity contribution >= 4 is 16.5 Å². The first-order chi connectivity index (χ1) is 5.95. The lowest BCUT2D eigenvalue weighted by molar-refractivity contribution is -0.164. The Kier molecular flexibility index (Phi) is 9.37. The molecule has 78 valence electrons. The van der Waals surface area contributed by atoms with Crippen molar-refractivity contribution in [2.75, 3.05) is 20.8 Å². The first kappa shape index (κ1) is 15.0. The summed E-state index contributed by atoms with van der Waals surface area (Å²) in [5.41, 5.74) is -0.106. The van der Waals surface area contributed by atoms with E-state index in [1.807, 2.05) is 0 Å². The van der Waals surface area contributed by atoms with Gasteiger partial charge in [0.05, 0.1) is 16.8 Å². The van der Waals surface area contributed by atoms with Crippen LogP contribution in [0.4, 0.5) is 0 Å². The summed E-state index contributed by atoms with van der Waals surface area (Å²) in [6.07, 6.45) is 0.722. The van der Waals surface area contributed by atoms with Crippen LogP contribution in [-0.4, -0.2) is 47.9 Å². The lowest BCUT2D eigenvalue weighted by atomic mass is 10.4. The SMILES string of the molecule is C=C(C)C=O.COC([SiH3])(CO)OC. The molecule has 0 unspecified atom stereocenters. The van der Waals surface area contributed by atoms with Crippen molar-refractivity contribution in [2.45, 2.75) is 12.3 Å². The minimum absolute atomic E-state index is 0.0633. The third-order valence-corrected chi connectivity index (χ3v) is 2.48. The summed E-state index contributed by atoms with van der Waals surface area (Å²) in [6, 6.07) is 0. The van der Waals surface area contributed by atoms with Gasteiger partial charge in [0, 0.05) is 14.2 Å². The summed E-state index contributed by atoms with van der Waals surface area (Å²) in [5, 5.41) is 8.57. The van der Waals surface area contributed by atoms with Crippen LogP contribution in [0, 0.1) is 0 Å². The minimum atomic E-state index is -0.681. The highest BCUT2D eigenvalue weighted by Crippen LogP contribution is 2.01. The van der Waals surface area contributed by atoms with Gasteiger partial charge in [-0.05, 0) is 12.5 Å². The number of carbonyl (C=O) groups is 1. The van der Waals surface area contributed by atoms with Gasteiger partial charge >= 0.3 is 0 Å². The largest absolute Gasteiger partial charge is 0.391 e. The van der Waals surface area contributed by atoms with E-state index >= 15 is 0 Å². The molecule has 0 rings (SSSR count). The van der Waals surface area contributed by atoms with E-state index in [2.05, 4.69) is 6.58 Å². The second-order valence-corrected chi connectivity index (χ2v) is 4.19. The average molecular weight is 206 g/mol. The summed E-state index contributed by atoms with van der Waals surface area (Å²) in [6.45, 7) is 4.90. The molecule has 0 heterocycles. The third-order valence-electron chi connectivity index (χ3n) is 1.35. The number of hydrogen-bond acceptors (Lipinski definition) is 4. The van der Waals surface area contributed by atoms with Crippen LogP contribution in [0.3, 0.4) is 0 Å². The van der Waals surface area contributed by atoms with Crippen molar-refractivity contribution in [2.24, 2.45) is 0 Å². The molecule has 0 aromatic rings. The number of allylic oxidation sites excluding steroid dienone is 1. The van der Waals surface area contributed by atoms with Crippen LogP contribution in [0.5, 0.6) is 0 Å². The summed E-state index contributed by atoms with van der Waals surface area (Å²) < 4.78 is 9.65. The molecule has 13 heavy (non-hydrogen) atoms. The van der Waals surface area contributed by atoms with Crippen molar-refractivity contribution in [1.82, 2.24) is 0 Å². The lowest BCUT2D eigenvalue weighted by Gasteiger charge is -2.23. The molecule has 0 aliphatic carbocycles. The zero-order valence-electron chi connectivity index (χ0n) is 8.66. The summed E-state index contributed by atoms with van der Waals surface area (Å²) in [4.78, 5) is 9.41. The van der Waals surface area contributed by atoms with Crippen molar-refractivity contribution in [3.05, 3.63) is 12.2 Å². The van der Waals surface area contributed by atoms with Crippen LogP contribution in [0.15, 0.2) is 12.2 Å². The van der Waals surface area contributed by atoms with Crippen LogP contribution < -0.4 is 0 Å². The molecule has 1 N–H and O–H groups in total. The molecular formula is C8H18O4Si. The molecule has 0 atom stereocenters. The molecule has 0 radical (unpaired) electrons. The van der Waals surface area contributed by atoms with Gasteiger partial charge in [0.25, 0.3) is 0 Å². The molecule has 0 aliphatic rings. The normalized spacial score (nSPS) is 10.2. The Balaban J connectivity index is 0. The fraction of sp³-hybridized carbons (Fsp3) is 0.625. The second kappa shape index (κ2) is 8.12. The van der Waals surface area contributed by atoms with Crippen molar-refractivity contribution in [1.29, 1.82) is 0 Å². The Labute approximate surface area is 82.0 Å². The van der Waals surface area contributed by atoms with Gasteiger partial charge in [-0.1, -0.05) is 6.58 Å². The quantitative estimate of drug-likeness (QED) is 0.279. The number of aldehydes is 1. The van der Waals surface area contributed by atoms with E-state index in [0.717, 1.165) is 6.29 Å². The predicted molar refractivity (Wildman–Crippen MR) is 54.7 cm³/mol. The summed E-state index contributed by atoms with van der Waals surface area (Å²) in [5.74, 6) is 0. The van der Waals surface area contributed by atoms with Crippen molar-refractivity contribution < 1.29 is 19.4 Å². The van der Waals surface area contributed by atoms with Gasteiger partial charge in [0.1, 0.15) is 6.29 Å². The lowest BCUT2D eigenvalue weighted by Crippen LogP contribution is -2.38. The van der Waals surface area contributed by atoms with Crippen molar-refractivity contribution in [3.63, 3.8) is 0 Å². The Morgan fingerprint density at radius 1 is 1.62 bits per heavy atom. The Morgan fingerprint density at radius 3 is 1.92 bits per heavy atom. The van der Waals surface area contributed by atoms with E-state index in [1.165, 1.54) is 14.2 Å². The molecule has 0 fully saturated rings. The highest BCUT2D eigenvalue weighted by molar-refractivity contribution is 6.13. The van der Waals surface area contributed by atoms with Crippen LogP contribution in [-0.2, 0) is 14.3 Å². The highest BCUT2D eigenvalue weighted by Gasteiger charge is 2.19. The van der Waals surface area contributed by atoms with Crippen LogP contribution in [0.2, 0.25) is 0 Å². The van der Waals surface area contributed by atoms with Crippen LogP contribution in [0.25, 0.3) is 0 Å². The number of aliphatic hydroxyl groups excluding tert-OH is 1. The van der Waals surface area contributed by atoms with E-state index in [1.54, 1.807) is 6.92 Å². The maximum Gasteiger partial charge on any atom is 0.162 e. The molecule has 0 saturated heterocycles. The average Bonchev–Trinajstić information content (AvgIpc) is 2.17. The number of carbonyl (C=O) groups excluding carboxylic acids is 1. The fourth-order valence-electron chi connectivity index (χ4n) is 0.212. The van der Waals surface area contributed by atoms with Crippen LogP contribution in [0.1, 0.15) is 6.92 Å². The molecular weight excluding hydrogens is 188 g/mol. The molecule has 0 saturated carbocycles. The van der Waals surface area contributed by atoms with Gasteiger partial charge < -0.3 is 14.6 Å². The maximum absolute atomic E-state index is 9.41. The summed E-state index contributed by atoms with van der Waals surface area (Å²) in [7, 11) is 3.72. The van der Waals surface area contributed by atoms with Gasteiger partial charge in [-0.25, -0.2) is 0 Å². The van der Waals surface area contributed by atoms with E-state index in [4.69, 9.17) is 14.6 Å². The standard InChI is InChI=1S/C4H12O3Si.C4H6O/c1-6-4(8,3-5)7-2;1-4(2)3-5/h5H,3H2,1-2,8H3;3H,1H2,2H3. The number of hydrogen-bond donors (Lipinski definition) is 1. The van der Waals surface area contributed by atoms with E-state index in [0.29, 0.717) is 15.8 Å². The van der Waals surface area contributed by atoms with Gasteiger partial charge in [0.15, 0.2) is 5.41 Å². The zero-order chi connectivity index (χ0) is 10.9. The van der Waals surface area contributed by atoms with Gasteiger partial charge in [-0.3, -0.25) is 4.79 Å². The summed E-state index contributed by atoms with van der Waals surface area (Å²) >= 11 is 0. The van der Waals surface area contributed by atoms with Crippen molar-refractivity contribution in [3.8, 4) is 0 Å². The van der Waals surface area contributed by atoms with E-state index in [-0.39, 0.29) is 6.61 Å². The minimum Gasteiger partial charge on any atom is -0.391 e. The first-order valence-electron chi connectivity index (χ1n) is 3.77. The second-order valence-electron chi connectivity index (χ2n) is 2.66. The Morgan fingerprint density at radius 2 is 1.92 bits per heavy atom. The predicted octanol–water partition coefficient (Wildman–Crippen LogP) is -0.948. The Bertz CT molecular complexity index is 146. The fourth-order valence-corrected chi connectivity index (χ4v) is 0.212. The topological polar surface area (TPSA) is 55.8 Å². The molecule has 5 heteroatoms. The number of methoxy groups -OCH3 is 2. The first-order valence-corrected chi connectivity index (χ1v) is 4.77. The monoisotopic (exact) mass is 206 g/mol. The van der Waals surface area contributed by atoms with Crippen LogP contribution >= 0.6 is 0 Å². The van der Waals surface area contributed by atoms with E-state index < -0.39 is 5.41 Å². The Hall–Kier alpha value is -0.493. The van der Waals surface area contributed by atoms with Gasteiger partial charge in [0.2, 0.25) is 0 Å². The molecule has 4 nitrogen and oxygen atoms in total. The van der Waals surface area contributed by atoms with E-state index in [9.17, 15) is 4.79 Å². The molecule has 0 aromatic heterocycles. The number of ether oxygens (including phenoxy) is 2. The van der Waals surface area contributed by atoms with Gasteiger partial charge in [-0.15, -0.1) is 0 Å². The smallest absolute Gasteiger partial charge is 0.162 e. The molecule has 0 spiro atoms. The molecule has 0 bridgehead atoms. The number of rotatable bonds is 4. The molecule has 0 amide bonds. The zero-order valence-corrected chi connectivity index (χ0v) is 10.7. The molecule has 0 aliphatic heterocycles. The maximum atomic E-state index is 9.41. The highest BCUT2D eigenvalue weighted by atomic mass is 28.1. The van der Waals surface area contributed by atoms with Gasteiger partial charge in [-0.2, -0.15) is 0 Å².